The van der Waals surface area contributed by atoms with Gasteiger partial charge in [0.2, 0.25) is 0 Å². The number of carbonyl (C=O) groups is 2. The van der Waals surface area contributed by atoms with E-state index in [1.165, 1.54) is 12.3 Å². The standard InChI is InChI=1S/C18H19N7O3/c1-23-10-14(7-20-23)17(26)24-5-4-12(8-24)9-25-11-16(21-22-25)15-3-2-13(6-19-15)18(27)28/h2-3,6-7,10-12H,4-5,8-9H2,1H3,(H,27,28). The molecule has 1 unspecified atom stereocenters. The van der Waals surface area contributed by atoms with Gasteiger partial charge in [-0.3, -0.25) is 19.1 Å². The van der Waals surface area contributed by atoms with Gasteiger partial charge in [-0.2, -0.15) is 5.10 Å². The number of carboxylic acid groups (broad SMARTS) is 1. The van der Waals surface area contributed by atoms with E-state index < -0.39 is 5.97 Å². The molecule has 0 spiro atoms. The number of pyridine rings is 1. The second-order valence-corrected chi connectivity index (χ2v) is 6.87. The molecule has 10 heteroatoms. The number of aromatic nitrogens is 6. The molecule has 3 aromatic heterocycles. The fourth-order valence-electron chi connectivity index (χ4n) is 3.32. The molecule has 144 valence electrons. The lowest BCUT2D eigenvalue weighted by atomic mass is 10.1. The zero-order chi connectivity index (χ0) is 19.7. The van der Waals surface area contributed by atoms with Crippen molar-refractivity contribution in [3.05, 3.63) is 48.0 Å². The van der Waals surface area contributed by atoms with E-state index in [0.29, 0.717) is 36.6 Å². The van der Waals surface area contributed by atoms with Gasteiger partial charge in [-0.25, -0.2) is 4.79 Å². The van der Waals surface area contributed by atoms with Crippen LogP contribution in [0.15, 0.2) is 36.9 Å². The molecule has 1 amide bonds. The first-order valence-corrected chi connectivity index (χ1v) is 8.87. The lowest BCUT2D eigenvalue weighted by Crippen LogP contribution is -2.29. The highest BCUT2D eigenvalue weighted by Crippen LogP contribution is 2.21. The van der Waals surface area contributed by atoms with E-state index in [0.717, 1.165) is 6.42 Å². The van der Waals surface area contributed by atoms with Gasteiger partial charge in [0.25, 0.3) is 5.91 Å². The Labute approximate surface area is 160 Å². The molecule has 4 rings (SSSR count). The lowest BCUT2D eigenvalue weighted by molar-refractivity contribution is 0.0695. The normalized spacial score (nSPS) is 16.5. The first kappa shape index (κ1) is 17.8. The summed E-state index contributed by atoms with van der Waals surface area (Å²) in [5, 5.41) is 21.2. The maximum atomic E-state index is 12.5. The maximum Gasteiger partial charge on any atom is 0.337 e. The third-order valence-electron chi connectivity index (χ3n) is 4.78. The van der Waals surface area contributed by atoms with Crippen molar-refractivity contribution in [2.75, 3.05) is 13.1 Å². The lowest BCUT2D eigenvalue weighted by Gasteiger charge is -2.15. The summed E-state index contributed by atoms with van der Waals surface area (Å²) in [5.41, 5.74) is 1.87. The van der Waals surface area contributed by atoms with Crippen molar-refractivity contribution in [1.82, 2.24) is 34.7 Å². The summed E-state index contributed by atoms with van der Waals surface area (Å²) < 4.78 is 3.36. The Morgan fingerprint density at radius 1 is 1.18 bits per heavy atom. The molecule has 0 radical (unpaired) electrons. The monoisotopic (exact) mass is 381 g/mol. The molecular formula is C18H19N7O3. The molecule has 10 nitrogen and oxygen atoms in total. The molecule has 0 saturated carbocycles. The average Bonchev–Trinajstić information content (AvgIpc) is 3.43. The number of carboxylic acids is 1. The summed E-state index contributed by atoms with van der Waals surface area (Å²) >= 11 is 0. The van der Waals surface area contributed by atoms with Gasteiger partial charge in [-0.05, 0) is 24.5 Å². The number of hydrogen-bond acceptors (Lipinski definition) is 6. The Morgan fingerprint density at radius 3 is 2.71 bits per heavy atom. The van der Waals surface area contributed by atoms with E-state index in [1.54, 1.807) is 41.1 Å². The number of rotatable bonds is 5. The minimum absolute atomic E-state index is 0.00222. The highest BCUT2D eigenvalue weighted by Gasteiger charge is 2.28. The third-order valence-corrected chi connectivity index (χ3v) is 4.78. The first-order chi connectivity index (χ1) is 13.5. The zero-order valence-corrected chi connectivity index (χ0v) is 15.3. The van der Waals surface area contributed by atoms with E-state index in [9.17, 15) is 9.59 Å². The van der Waals surface area contributed by atoms with Gasteiger partial charge in [-0.15, -0.1) is 5.10 Å². The number of nitrogens with zero attached hydrogens (tertiary/aromatic N) is 7. The molecule has 0 aromatic carbocycles. The number of carbonyl (C=O) groups excluding carboxylic acids is 1. The summed E-state index contributed by atoms with van der Waals surface area (Å²) in [6.45, 7) is 2.02. The van der Waals surface area contributed by atoms with Crippen LogP contribution in [0.2, 0.25) is 0 Å². The van der Waals surface area contributed by atoms with Crippen molar-refractivity contribution in [1.29, 1.82) is 0 Å². The molecule has 1 saturated heterocycles. The SMILES string of the molecule is Cn1cc(C(=O)N2CCC(Cn3cc(-c4ccc(C(=O)O)cn4)nn3)C2)cn1. The molecule has 1 aliphatic heterocycles. The molecule has 1 aliphatic rings. The maximum absolute atomic E-state index is 12.5. The van der Waals surface area contributed by atoms with Gasteiger partial charge in [0.1, 0.15) is 5.69 Å². The molecule has 1 fully saturated rings. The molecule has 28 heavy (non-hydrogen) atoms. The predicted octanol–water partition coefficient (Wildman–Crippen LogP) is 0.934. The van der Waals surface area contributed by atoms with Crippen molar-refractivity contribution >= 4 is 11.9 Å². The Hall–Kier alpha value is -3.56. The molecule has 3 aromatic rings. The highest BCUT2D eigenvalue weighted by atomic mass is 16.4. The van der Waals surface area contributed by atoms with Crippen molar-refractivity contribution in [2.45, 2.75) is 13.0 Å². The summed E-state index contributed by atoms with van der Waals surface area (Å²) in [7, 11) is 1.79. The van der Waals surface area contributed by atoms with E-state index in [2.05, 4.69) is 20.4 Å². The number of likely N-dealkylation sites (tertiary alicyclic amines) is 1. The fraction of sp³-hybridized carbons (Fsp3) is 0.333. The zero-order valence-electron chi connectivity index (χ0n) is 15.3. The smallest absolute Gasteiger partial charge is 0.337 e. The number of aryl methyl sites for hydroxylation is 1. The number of aromatic carboxylic acids is 1. The van der Waals surface area contributed by atoms with E-state index >= 15 is 0 Å². The largest absolute Gasteiger partial charge is 0.478 e. The molecule has 0 bridgehead atoms. The van der Waals surface area contributed by atoms with Crippen molar-refractivity contribution in [3.63, 3.8) is 0 Å². The van der Waals surface area contributed by atoms with Gasteiger partial charge in [0.05, 0.1) is 29.2 Å². The van der Waals surface area contributed by atoms with Crippen molar-refractivity contribution in [2.24, 2.45) is 13.0 Å². The van der Waals surface area contributed by atoms with Crippen LogP contribution in [0.1, 0.15) is 27.1 Å². The summed E-state index contributed by atoms with van der Waals surface area (Å²) in [6, 6.07) is 3.10. The van der Waals surface area contributed by atoms with Gasteiger partial charge in [0, 0.05) is 39.1 Å². The molecule has 0 aliphatic carbocycles. The summed E-state index contributed by atoms with van der Waals surface area (Å²) in [6.07, 6.45) is 7.29. The van der Waals surface area contributed by atoms with Crippen LogP contribution < -0.4 is 0 Å². The average molecular weight is 381 g/mol. The van der Waals surface area contributed by atoms with Crippen molar-refractivity contribution in [3.8, 4) is 11.4 Å². The minimum Gasteiger partial charge on any atom is -0.478 e. The second kappa shape index (κ2) is 7.22. The van der Waals surface area contributed by atoms with Crippen LogP contribution in [0.4, 0.5) is 0 Å². The van der Waals surface area contributed by atoms with Crippen LogP contribution in [0.5, 0.6) is 0 Å². The van der Waals surface area contributed by atoms with Crippen LogP contribution in [0.25, 0.3) is 11.4 Å². The summed E-state index contributed by atoms with van der Waals surface area (Å²) in [4.78, 5) is 29.4. The fourth-order valence-corrected chi connectivity index (χ4v) is 3.32. The van der Waals surface area contributed by atoms with Crippen molar-refractivity contribution < 1.29 is 14.7 Å². The van der Waals surface area contributed by atoms with Gasteiger partial charge < -0.3 is 10.0 Å². The highest BCUT2D eigenvalue weighted by molar-refractivity contribution is 5.93. The van der Waals surface area contributed by atoms with Crippen LogP contribution in [-0.4, -0.2) is 64.7 Å². The quantitative estimate of drug-likeness (QED) is 0.698. The Kier molecular flexibility index (Phi) is 4.60. The Balaban J connectivity index is 1.38. The second-order valence-electron chi connectivity index (χ2n) is 6.87. The van der Waals surface area contributed by atoms with Crippen LogP contribution in [-0.2, 0) is 13.6 Å². The third kappa shape index (κ3) is 3.61. The van der Waals surface area contributed by atoms with Crippen LogP contribution >= 0.6 is 0 Å². The molecule has 1 atom stereocenters. The molecule has 4 heterocycles. The van der Waals surface area contributed by atoms with Crippen LogP contribution in [0.3, 0.4) is 0 Å². The number of hydrogen-bond donors (Lipinski definition) is 1. The van der Waals surface area contributed by atoms with E-state index in [1.807, 2.05) is 4.90 Å². The van der Waals surface area contributed by atoms with E-state index in [-0.39, 0.29) is 17.4 Å². The Morgan fingerprint density at radius 2 is 2.04 bits per heavy atom. The topological polar surface area (TPSA) is 119 Å². The van der Waals surface area contributed by atoms with Gasteiger partial charge >= 0.3 is 5.97 Å². The predicted molar refractivity (Wildman–Crippen MR) is 97.4 cm³/mol. The first-order valence-electron chi connectivity index (χ1n) is 8.87. The van der Waals surface area contributed by atoms with E-state index in [4.69, 9.17) is 5.11 Å². The number of amides is 1. The van der Waals surface area contributed by atoms with Crippen LogP contribution in [0, 0.1) is 5.92 Å². The molecular weight excluding hydrogens is 362 g/mol. The van der Waals surface area contributed by atoms with Gasteiger partial charge in [0.15, 0.2) is 0 Å². The summed E-state index contributed by atoms with van der Waals surface area (Å²) in [5.74, 6) is -0.732. The van der Waals surface area contributed by atoms with Gasteiger partial charge in [-0.1, -0.05) is 5.21 Å². The molecule has 1 N–H and O–H groups in total. The minimum atomic E-state index is -1.02. The Bertz CT molecular complexity index is 1010.